The van der Waals surface area contributed by atoms with Crippen molar-refractivity contribution in [2.75, 3.05) is 13.1 Å². The molecular weight excluding hydrogens is 174 g/mol. The van der Waals surface area contributed by atoms with E-state index in [1.54, 1.807) is 6.29 Å². The Morgan fingerprint density at radius 3 is 2.54 bits per heavy atom. The van der Waals surface area contributed by atoms with Gasteiger partial charge in [0, 0.05) is 0 Å². The Bertz CT molecular complexity index is 205. The first-order chi connectivity index (χ1) is 6.10. The molecule has 0 aliphatic heterocycles. The van der Waals surface area contributed by atoms with Crippen molar-refractivity contribution in [3.63, 3.8) is 0 Å². The summed E-state index contributed by atoms with van der Waals surface area (Å²) in [5, 5.41) is 4.55. The van der Waals surface area contributed by atoms with Crippen LogP contribution in [0.3, 0.4) is 0 Å². The molecule has 0 saturated heterocycles. The average Bonchev–Trinajstić information content (AvgIpc) is 2.13. The highest BCUT2D eigenvalue weighted by Gasteiger charge is 2.07. The van der Waals surface area contributed by atoms with Crippen molar-refractivity contribution in [2.24, 2.45) is 5.73 Å². The molecule has 0 saturated carbocycles. The normalized spacial score (nSPS) is 11.5. The minimum atomic E-state index is -0.665. The second-order valence-corrected chi connectivity index (χ2v) is 2.39. The molecule has 0 aromatic carbocycles. The maximum atomic E-state index is 10.9. The fraction of sp³-hybridized carbons (Fsp3) is 0.571. The molecule has 0 aliphatic rings. The first-order valence-corrected chi connectivity index (χ1v) is 3.74. The van der Waals surface area contributed by atoms with E-state index in [2.05, 4.69) is 10.6 Å². The van der Waals surface area contributed by atoms with Gasteiger partial charge in [-0.1, -0.05) is 0 Å². The number of rotatable bonds is 5. The first-order valence-electron chi connectivity index (χ1n) is 3.74. The second kappa shape index (κ2) is 6.13. The fourth-order valence-corrected chi connectivity index (χ4v) is 0.573. The number of hydrogen-bond donors (Lipinski definition) is 3. The molecule has 0 rings (SSSR count). The van der Waals surface area contributed by atoms with Crippen molar-refractivity contribution >= 4 is 18.1 Å². The maximum Gasteiger partial charge on any atom is 0.239 e. The summed E-state index contributed by atoms with van der Waals surface area (Å²) in [6.45, 7) is 1.14. The Labute approximate surface area is 75.9 Å². The monoisotopic (exact) mass is 186 g/mol. The quantitative estimate of drug-likeness (QED) is 0.448. The Morgan fingerprint density at radius 1 is 1.46 bits per heavy atom. The van der Waals surface area contributed by atoms with Crippen molar-refractivity contribution in [1.82, 2.24) is 10.6 Å². The molecule has 4 N–H and O–H groups in total. The summed E-state index contributed by atoms with van der Waals surface area (Å²) < 4.78 is 0. The zero-order valence-corrected chi connectivity index (χ0v) is 7.29. The largest absolute Gasteiger partial charge is 0.346 e. The summed E-state index contributed by atoms with van der Waals surface area (Å²) >= 11 is 0. The molecule has 0 bridgehead atoms. The molecule has 1 radical (unpaired) electrons. The molecule has 0 aliphatic carbocycles. The average molecular weight is 186 g/mol. The molecule has 6 nitrogen and oxygen atoms in total. The van der Waals surface area contributed by atoms with Gasteiger partial charge in [-0.15, -0.1) is 0 Å². The number of carbonyl (C=O) groups excluding carboxylic acids is 3. The van der Waals surface area contributed by atoms with Crippen molar-refractivity contribution in [2.45, 2.75) is 13.0 Å². The molecule has 73 valence electrons. The van der Waals surface area contributed by atoms with Crippen LogP contribution < -0.4 is 16.4 Å². The zero-order valence-electron chi connectivity index (χ0n) is 7.29. The standard InChI is InChI=1S/C7H12N3O3/c1-5(4-11)10-7(13)3-9-6(12)2-8/h5H,2-3,8H2,1H3,(H,9,12)(H,10,13)/t5-/m0/s1. The van der Waals surface area contributed by atoms with Crippen LogP contribution in [0.25, 0.3) is 0 Å². The summed E-state index contributed by atoms with van der Waals surface area (Å²) in [5.41, 5.74) is 4.98. The summed E-state index contributed by atoms with van der Waals surface area (Å²) in [4.78, 5) is 31.5. The highest BCUT2D eigenvalue weighted by atomic mass is 16.2. The second-order valence-electron chi connectivity index (χ2n) is 2.39. The number of hydrogen-bond acceptors (Lipinski definition) is 4. The number of amides is 2. The van der Waals surface area contributed by atoms with Crippen LogP contribution in [0, 0.1) is 0 Å². The molecule has 0 aromatic heterocycles. The highest BCUT2D eigenvalue weighted by molar-refractivity contribution is 5.86. The summed E-state index contributed by atoms with van der Waals surface area (Å²) in [6.07, 6.45) is 1.58. The van der Waals surface area contributed by atoms with Gasteiger partial charge in [0.1, 0.15) is 0 Å². The van der Waals surface area contributed by atoms with E-state index >= 15 is 0 Å². The molecule has 0 fully saturated rings. The van der Waals surface area contributed by atoms with Gasteiger partial charge in [-0.05, 0) is 6.92 Å². The molecule has 13 heavy (non-hydrogen) atoms. The predicted octanol–water partition coefficient (Wildman–Crippen LogP) is -2.32. The van der Waals surface area contributed by atoms with Crippen LogP contribution in [-0.4, -0.2) is 37.2 Å². The van der Waals surface area contributed by atoms with Gasteiger partial charge in [0.25, 0.3) is 0 Å². The Hall–Kier alpha value is -1.43. The third kappa shape index (κ3) is 5.80. The minimum absolute atomic E-state index is 0.164. The predicted molar refractivity (Wildman–Crippen MR) is 45.4 cm³/mol. The lowest BCUT2D eigenvalue weighted by atomic mass is 10.4. The van der Waals surface area contributed by atoms with E-state index in [1.165, 1.54) is 6.92 Å². The van der Waals surface area contributed by atoms with Crippen LogP contribution in [0.15, 0.2) is 0 Å². The van der Waals surface area contributed by atoms with Crippen LogP contribution in [0.2, 0.25) is 0 Å². The van der Waals surface area contributed by atoms with E-state index in [0.717, 1.165) is 0 Å². The number of nitrogens with two attached hydrogens (primary N) is 1. The van der Waals surface area contributed by atoms with E-state index in [1.807, 2.05) is 0 Å². The van der Waals surface area contributed by atoms with Crippen LogP contribution in [0.5, 0.6) is 0 Å². The van der Waals surface area contributed by atoms with Gasteiger partial charge in [0.05, 0.1) is 19.1 Å². The third-order valence-corrected chi connectivity index (χ3v) is 1.19. The molecule has 1 atom stereocenters. The first kappa shape index (κ1) is 11.6. The number of nitrogens with one attached hydrogen (secondary N) is 2. The number of carbonyl (C=O) groups is 2. The Morgan fingerprint density at radius 2 is 2.08 bits per heavy atom. The van der Waals surface area contributed by atoms with Gasteiger partial charge in [0.2, 0.25) is 18.1 Å². The van der Waals surface area contributed by atoms with Crippen molar-refractivity contribution in [3.05, 3.63) is 0 Å². The molecule has 2 amide bonds. The van der Waals surface area contributed by atoms with Gasteiger partial charge in [-0.3, -0.25) is 14.4 Å². The lowest BCUT2D eigenvalue weighted by Gasteiger charge is -2.06. The summed E-state index contributed by atoms with van der Waals surface area (Å²) in [5.74, 6) is -0.865. The van der Waals surface area contributed by atoms with Crippen LogP contribution in [0.1, 0.15) is 6.92 Å². The van der Waals surface area contributed by atoms with E-state index in [-0.39, 0.29) is 13.1 Å². The van der Waals surface area contributed by atoms with E-state index in [0.29, 0.717) is 0 Å². The highest BCUT2D eigenvalue weighted by Crippen LogP contribution is 1.73. The van der Waals surface area contributed by atoms with Crippen molar-refractivity contribution in [1.29, 1.82) is 0 Å². The third-order valence-electron chi connectivity index (χ3n) is 1.19. The Kier molecular flexibility index (Phi) is 5.45. The van der Waals surface area contributed by atoms with Gasteiger partial charge in [-0.2, -0.15) is 0 Å². The molecule has 6 heteroatoms. The lowest BCUT2D eigenvalue weighted by Crippen LogP contribution is -2.42. The van der Waals surface area contributed by atoms with Crippen molar-refractivity contribution < 1.29 is 14.4 Å². The van der Waals surface area contributed by atoms with Gasteiger partial charge < -0.3 is 16.4 Å². The SMILES string of the molecule is C[C@@H]([C]=O)NC(=O)CNC(=O)CN. The van der Waals surface area contributed by atoms with E-state index < -0.39 is 17.9 Å². The molecule has 0 heterocycles. The molecule has 0 spiro atoms. The summed E-state index contributed by atoms with van der Waals surface area (Å²) in [7, 11) is 0. The van der Waals surface area contributed by atoms with E-state index in [9.17, 15) is 14.4 Å². The lowest BCUT2D eigenvalue weighted by molar-refractivity contribution is -0.125. The summed E-state index contributed by atoms with van der Waals surface area (Å²) in [6, 6.07) is -0.665. The van der Waals surface area contributed by atoms with Crippen LogP contribution in [0.4, 0.5) is 0 Å². The molecular formula is C7H12N3O3. The maximum absolute atomic E-state index is 10.9. The Balaban J connectivity index is 3.63. The smallest absolute Gasteiger partial charge is 0.239 e. The molecule has 0 aromatic rings. The van der Waals surface area contributed by atoms with Crippen LogP contribution >= 0.6 is 0 Å². The van der Waals surface area contributed by atoms with Crippen molar-refractivity contribution in [3.8, 4) is 0 Å². The van der Waals surface area contributed by atoms with Gasteiger partial charge in [0.15, 0.2) is 0 Å². The zero-order chi connectivity index (χ0) is 10.3. The van der Waals surface area contributed by atoms with Gasteiger partial charge >= 0.3 is 0 Å². The molecule has 0 unspecified atom stereocenters. The topological polar surface area (TPSA) is 101 Å². The van der Waals surface area contributed by atoms with Gasteiger partial charge in [-0.25, -0.2) is 0 Å². The minimum Gasteiger partial charge on any atom is -0.346 e. The van der Waals surface area contributed by atoms with E-state index in [4.69, 9.17) is 5.73 Å². The fourth-order valence-electron chi connectivity index (χ4n) is 0.573. The van der Waals surface area contributed by atoms with Crippen LogP contribution in [-0.2, 0) is 14.4 Å².